The fourth-order valence-corrected chi connectivity index (χ4v) is 7.15. The third-order valence-electron chi connectivity index (χ3n) is 6.76. The topological polar surface area (TPSA) is 86.8 Å². The van der Waals surface area contributed by atoms with E-state index < -0.39 is 34.1 Å². The van der Waals surface area contributed by atoms with Crippen molar-refractivity contribution in [2.75, 3.05) is 10.8 Å². The molecule has 45 heavy (non-hydrogen) atoms. The molecule has 11 heteroatoms. The van der Waals surface area contributed by atoms with Gasteiger partial charge in [0.25, 0.3) is 10.0 Å². The molecule has 0 aliphatic heterocycles. The van der Waals surface area contributed by atoms with Crippen LogP contribution in [0, 0.1) is 0 Å². The maximum atomic E-state index is 14.5. The summed E-state index contributed by atoms with van der Waals surface area (Å²) in [6, 6.07) is 28.0. The maximum Gasteiger partial charge on any atom is 0.264 e. The largest absolute Gasteiger partial charge is 0.350 e. The highest BCUT2D eigenvalue weighted by molar-refractivity contribution is 9.10. The number of nitrogens with zero attached hydrogens (tertiary/aromatic N) is 2. The zero-order valence-corrected chi connectivity index (χ0v) is 29.0. The minimum atomic E-state index is -4.27. The highest BCUT2D eigenvalue weighted by atomic mass is 79.9. The Morgan fingerprint density at radius 3 is 1.98 bits per heavy atom. The summed E-state index contributed by atoms with van der Waals surface area (Å²) < 4.78 is 29.9. The Balaban J connectivity index is 1.84. The zero-order chi connectivity index (χ0) is 32.8. The zero-order valence-electron chi connectivity index (χ0n) is 25.1. The smallest absolute Gasteiger partial charge is 0.264 e. The van der Waals surface area contributed by atoms with Crippen molar-refractivity contribution in [3.63, 3.8) is 0 Å². The number of benzene rings is 4. The SMILES string of the molecule is CC(C)(C)NC(=O)[C@@H](Cc1ccccc1)N(Cc1cccc(Br)c1)C(=O)CN(c1cc(Cl)cc(Cl)c1)S(=O)(=O)c1ccccc1. The van der Waals surface area contributed by atoms with Crippen LogP contribution in [0.2, 0.25) is 10.0 Å². The molecular formula is C34H34BrCl2N3O4S. The van der Waals surface area contributed by atoms with Crippen LogP contribution in [0.4, 0.5) is 5.69 Å². The summed E-state index contributed by atoms with van der Waals surface area (Å²) in [7, 11) is -4.27. The second-order valence-electron chi connectivity index (χ2n) is 11.5. The van der Waals surface area contributed by atoms with Crippen LogP contribution in [-0.2, 0) is 32.6 Å². The van der Waals surface area contributed by atoms with Crippen molar-refractivity contribution in [3.05, 3.63) is 129 Å². The predicted octanol–water partition coefficient (Wildman–Crippen LogP) is 7.51. The molecule has 2 amide bonds. The molecule has 0 aliphatic carbocycles. The summed E-state index contributed by atoms with van der Waals surface area (Å²) in [4.78, 5) is 29.9. The van der Waals surface area contributed by atoms with E-state index in [2.05, 4.69) is 21.2 Å². The molecule has 4 aromatic carbocycles. The highest BCUT2D eigenvalue weighted by Gasteiger charge is 2.35. The van der Waals surface area contributed by atoms with Gasteiger partial charge in [-0.15, -0.1) is 0 Å². The van der Waals surface area contributed by atoms with Gasteiger partial charge in [0.1, 0.15) is 12.6 Å². The molecule has 0 aromatic heterocycles. The number of carbonyl (C=O) groups excluding carboxylic acids is 2. The Morgan fingerprint density at radius 2 is 1.40 bits per heavy atom. The van der Waals surface area contributed by atoms with Crippen molar-refractivity contribution >= 4 is 66.7 Å². The molecule has 4 aromatic rings. The van der Waals surface area contributed by atoms with Crippen LogP contribution in [-0.4, -0.2) is 43.3 Å². The van der Waals surface area contributed by atoms with Gasteiger partial charge in [-0.3, -0.25) is 13.9 Å². The third-order valence-corrected chi connectivity index (χ3v) is 9.47. The molecule has 1 atom stereocenters. The Kier molecular flexibility index (Phi) is 11.4. The van der Waals surface area contributed by atoms with Gasteiger partial charge in [-0.25, -0.2) is 8.42 Å². The van der Waals surface area contributed by atoms with Gasteiger partial charge in [-0.05, 0) is 74.4 Å². The van der Waals surface area contributed by atoms with Crippen molar-refractivity contribution < 1.29 is 18.0 Å². The van der Waals surface area contributed by atoms with Crippen molar-refractivity contribution in [2.45, 2.75) is 50.2 Å². The standard InChI is InChI=1S/C34H34BrCl2N3O4S/c1-34(2,3)38-33(42)31(18-24-11-6-4-7-12-24)39(22-25-13-10-14-26(35)17-25)32(41)23-40(29-20-27(36)19-28(37)21-29)45(43,44)30-15-8-5-9-16-30/h4-17,19-21,31H,18,22-23H2,1-3H3,(H,38,42)/t31-/m1/s1. The molecule has 0 radical (unpaired) electrons. The lowest BCUT2D eigenvalue weighted by atomic mass is 10.0. The highest BCUT2D eigenvalue weighted by Crippen LogP contribution is 2.30. The minimum Gasteiger partial charge on any atom is -0.350 e. The van der Waals surface area contributed by atoms with Crippen LogP contribution in [0.1, 0.15) is 31.9 Å². The fraction of sp³-hybridized carbons (Fsp3) is 0.235. The number of rotatable bonds is 11. The first kappa shape index (κ1) is 34.5. The lowest BCUT2D eigenvalue weighted by Crippen LogP contribution is -2.56. The molecule has 0 spiro atoms. The normalized spacial score (nSPS) is 12.3. The van der Waals surface area contributed by atoms with E-state index in [1.165, 1.54) is 35.2 Å². The second kappa shape index (κ2) is 14.8. The number of halogens is 3. The number of sulfonamides is 1. The van der Waals surface area contributed by atoms with E-state index in [-0.39, 0.29) is 39.5 Å². The number of hydrogen-bond acceptors (Lipinski definition) is 4. The summed E-state index contributed by atoms with van der Waals surface area (Å²) in [5, 5.41) is 3.43. The van der Waals surface area contributed by atoms with Crippen LogP contribution in [0.25, 0.3) is 0 Å². The number of amides is 2. The van der Waals surface area contributed by atoms with Gasteiger partial charge in [0.2, 0.25) is 11.8 Å². The summed E-state index contributed by atoms with van der Waals surface area (Å²) in [5.41, 5.74) is 1.12. The molecule has 0 bridgehead atoms. The molecule has 236 valence electrons. The maximum absolute atomic E-state index is 14.5. The quantitative estimate of drug-likeness (QED) is 0.173. The van der Waals surface area contributed by atoms with E-state index in [4.69, 9.17) is 23.2 Å². The van der Waals surface area contributed by atoms with E-state index in [1.807, 2.05) is 75.4 Å². The van der Waals surface area contributed by atoms with Crippen LogP contribution in [0.15, 0.2) is 112 Å². The molecule has 7 nitrogen and oxygen atoms in total. The minimum absolute atomic E-state index is 0.0150. The Hall–Kier alpha value is -3.37. The molecule has 0 fully saturated rings. The van der Waals surface area contributed by atoms with Gasteiger partial charge in [-0.1, -0.05) is 99.8 Å². The lowest BCUT2D eigenvalue weighted by Gasteiger charge is -2.35. The molecule has 0 saturated carbocycles. The summed E-state index contributed by atoms with van der Waals surface area (Å²) >= 11 is 16.1. The number of nitrogens with one attached hydrogen (secondary N) is 1. The first-order valence-corrected chi connectivity index (χ1v) is 17.2. The number of carbonyl (C=O) groups is 2. The molecular weight excluding hydrogens is 697 g/mol. The third kappa shape index (κ3) is 9.56. The Morgan fingerprint density at radius 1 is 0.822 bits per heavy atom. The van der Waals surface area contributed by atoms with Crippen molar-refractivity contribution in [1.29, 1.82) is 0 Å². The van der Waals surface area contributed by atoms with E-state index in [9.17, 15) is 18.0 Å². The Bertz CT molecular complexity index is 1730. The summed E-state index contributed by atoms with van der Waals surface area (Å²) in [6.07, 6.45) is 0.205. The van der Waals surface area contributed by atoms with Gasteiger partial charge in [0, 0.05) is 33.0 Å². The van der Waals surface area contributed by atoms with E-state index >= 15 is 0 Å². The van der Waals surface area contributed by atoms with E-state index in [0.717, 1.165) is 19.9 Å². The molecule has 0 saturated heterocycles. The van der Waals surface area contributed by atoms with Crippen LogP contribution < -0.4 is 9.62 Å². The van der Waals surface area contributed by atoms with E-state index in [1.54, 1.807) is 18.2 Å². The van der Waals surface area contributed by atoms with Gasteiger partial charge >= 0.3 is 0 Å². The first-order valence-electron chi connectivity index (χ1n) is 14.2. The molecule has 1 N–H and O–H groups in total. The Labute approximate surface area is 283 Å². The molecule has 0 aliphatic rings. The van der Waals surface area contributed by atoms with Gasteiger partial charge < -0.3 is 10.2 Å². The summed E-state index contributed by atoms with van der Waals surface area (Å²) in [6.45, 7) is 5.02. The predicted molar refractivity (Wildman–Crippen MR) is 184 cm³/mol. The van der Waals surface area contributed by atoms with Crippen molar-refractivity contribution in [3.8, 4) is 0 Å². The van der Waals surface area contributed by atoms with Gasteiger partial charge in [-0.2, -0.15) is 0 Å². The van der Waals surface area contributed by atoms with E-state index in [0.29, 0.717) is 0 Å². The van der Waals surface area contributed by atoms with Gasteiger partial charge in [0.05, 0.1) is 10.6 Å². The first-order chi connectivity index (χ1) is 21.2. The molecule has 0 unspecified atom stereocenters. The average molecular weight is 732 g/mol. The average Bonchev–Trinajstić information content (AvgIpc) is 2.97. The van der Waals surface area contributed by atoms with Crippen LogP contribution in [0.5, 0.6) is 0 Å². The number of anilines is 1. The van der Waals surface area contributed by atoms with Crippen LogP contribution in [0.3, 0.4) is 0 Å². The van der Waals surface area contributed by atoms with Crippen molar-refractivity contribution in [2.24, 2.45) is 0 Å². The number of hydrogen-bond donors (Lipinski definition) is 1. The molecule has 0 heterocycles. The second-order valence-corrected chi connectivity index (χ2v) is 15.2. The van der Waals surface area contributed by atoms with Crippen LogP contribution >= 0.6 is 39.1 Å². The monoisotopic (exact) mass is 729 g/mol. The molecule has 4 rings (SSSR count). The lowest BCUT2D eigenvalue weighted by molar-refractivity contribution is -0.140. The van der Waals surface area contributed by atoms with Gasteiger partial charge in [0.15, 0.2) is 0 Å². The fourth-order valence-electron chi connectivity index (χ4n) is 4.77. The summed E-state index contributed by atoms with van der Waals surface area (Å²) in [5.74, 6) is -0.950. The van der Waals surface area contributed by atoms with Crippen molar-refractivity contribution in [1.82, 2.24) is 10.2 Å².